The summed E-state index contributed by atoms with van der Waals surface area (Å²) in [6.45, 7) is 8.24. The van der Waals surface area contributed by atoms with E-state index in [0.717, 1.165) is 32.1 Å². The Balaban J connectivity index is 5.45. The number of amides is 3. The van der Waals surface area contributed by atoms with Crippen molar-refractivity contribution in [2.75, 3.05) is 6.54 Å². The first-order valence-electron chi connectivity index (χ1n) is 18.0. The van der Waals surface area contributed by atoms with Gasteiger partial charge in [0.25, 0.3) is 0 Å². The van der Waals surface area contributed by atoms with E-state index in [-0.39, 0.29) is 18.6 Å². The molecule has 0 spiro atoms. The van der Waals surface area contributed by atoms with Gasteiger partial charge in [0.05, 0.1) is 18.6 Å². The molecule has 0 heterocycles. The number of Topliss-reactive ketones (excluding diaryl/α,β-unsaturated/α-hetero) is 5. The largest absolute Gasteiger partial charge is 0.391 e. The van der Waals surface area contributed by atoms with Crippen molar-refractivity contribution < 1.29 is 43.5 Å². The van der Waals surface area contributed by atoms with Crippen molar-refractivity contribution in [1.29, 1.82) is 0 Å². The molecule has 0 aromatic rings. The Morgan fingerprint density at radius 3 is 1.82 bits per heavy atom. The minimum atomic E-state index is -1.38. The van der Waals surface area contributed by atoms with Gasteiger partial charge in [-0.3, -0.25) is 38.4 Å². The third kappa shape index (κ3) is 19.5. The second-order valence-electron chi connectivity index (χ2n) is 13.3. The lowest BCUT2D eigenvalue weighted by Crippen LogP contribution is -2.51. The van der Waals surface area contributed by atoms with E-state index in [9.17, 15) is 43.5 Å². The predicted molar refractivity (Wildman–Crippen MR) is 186 cm³/mol. The number of unbranched alkanes of at least 4 members (excludes halogenated alkanes) is 7. The minimum Gasteiger partial charge on any atom is -0.391 e. The van der Waals surface area contributed by atoms with Crippen LogP contribution in [0.2, 0.25) is 0 Å². The summed E-state index contributed by atoms with van der Waals surface area (Å²) in [5.74, 6) is -7.63. The van der Waals surface area contributed by atoms with Crippen LogP contribution in [-0.4, -0.2) is 76.5 Å². The Morgan fingerprint density at radius 1 is 0.673 bits per heavy atom. The topological polar surface area (TPSA) is 233 Å². The van der Waals surface area contributed by atoms with Crippen LogP contribution in [0.3, 0.4) is 0 Å². The number of ketones is 5. The van der Waals surface area contributed by atoms with Crippen molar-refractivity contribution in [3.63, 3.8) is 0 Å². The number of carbonyl (C=O) groups is 8. The number of aliphatic hydroxyl groups excluding tert-OH is 1. The fourth-order valence-corrected chi connectivity index (χ4v) is 5.53. The molecule has 7 N–H and O–H groups in total. The lowest BCUT2D eigenvalue weighted by molar-refractivity contribution is -0.140. The molecule has 0 fully saturated rings. The number of hydrogen-bond acceptors (Lipinski definition) is 10. The summed E-state index contributed by atoms with van der Waals surface area (Å²) < 4.78 is 0. The van der Waals surface area contributed by atoms with E-state index in [1.807, 2.05) is 0 Å². The average Bonchev–Trinajstić information content (AvgIpc) is 3.04. The first-order chi connectivity index (χ1) is 23.1. The number of nitrogens with one attached hydrogen (secondary N) is 2. The van der Waals surface area contributed by atoms with Crippen LogP contribution in [0.1, 0.15) is 137 Å². The summed E-state index contributed by atoms with van der Waals surface area (Å²) in [7, 11) is 0. The zero-order valence-electron chi connectivity index (χ0n) is 30.4. The summed E-state index contributed by atoms with van der Waals surface area (Å²) in [5.41, 5.74) is 10.9. The maximum atomic E-state index is 13.3. The van der Waals surface area contributed by atoms with Crippen LogP contribution < -0.4 is 22.1 Å². The van der Waals surface area contributed by atoms with Crippen LogP contribution in [0, 0.1) is 17.8 Å². The zero-order valence-corrected chi connectivity index (χ0v) is 30.4. The highest BCUT2D eigenvalue weighted by Crippen LogP contribution is 2.19. The summed E-state index contributed by atoms with van der Waals surface area (Å²) in [6, 6.07) is -2.74. The van der Waals surface area contributed by atoms with Gasteiger partial charge in [-0.05, 0) is 32.7 Å². The highest BCUT2D eigenvalue weighted by Gasteiger charge is 2.33. The van der Waals surface area contributed by atoms with Crippen LogP contribution in [-0.2, 0) is 38.4 Å². The Kier molecular flexibility index (Phi) is 23.9. The molecule has 0 saturated heterocycles. The second kappa shape index (κ2) is 25.6. The fourth-order valence-electron chi connectivity index (χ4n) is 5.53. The van der Waals surface area contributed by atoms with Gasteiger partial charge in [-0.25, -0.2) is 0 Å². The monoisotopic (exact) mass is 694 g/mol. The molecule has 0 rings (SSSR count). The molecule has 0 aromatic heterocycles. The van der Waals surface area contributed by atoms with Crippen molar-refractivity contribution in [1.82, 2.24) is 10.6 Å². The molecule has 2 unspecified atom stereocenters. The second-order valence-corrected chi connectivity index (χ2v) is 13.3. The standard InChI is InChI=1S/C36H62N4O9/c1-6-8-9-10-11-12-13-17-27(42)21-26(16-14-15-18-37)36(49)40-33(25(5)41)31(45)20-24(4)35(48)39-28(22-32(38)46)30(44)19-23(3)34(47)29(43)7-2/h23-26,28,33,41H,6-22,37H2,1-5H3,(H2,38,46)(H,39,48)(H,40,49)/t23?,24-,25?,26-,28+,33+/m1/s1. The molecule has 280 valence electrons. The zero-order chi connectivity index (χ0) is 37.5. The van der Waals surface area contributed by atoms with Crippen molar-refractivity contribution in [3.05, 3.63) is 0 Å². The smallest absolute Gasteiger partial charge is 0.224 e. The molecule has 0 aliphatic heterocycles. The quantitative estimate of drug-likeness (QED) is 0.0545. The molecular formula is C36H62N4O9. The number of aliphatic hydroxyl groups is 1. The van der Waals surface area contributed by atoms with E-state index in [0.29, 0.717) is 32.2 Å². The van der Waals surface area contributed by atoms with Crippen LogP contribution in [0.15, 0.2) is 0 Å². The molecular weight excluding hydrogens is 632 g/mol. The third-order valence-corrected chi connectivity index (χ3v) is 8.65. The lowest BCUT2D eigenvalue weighted by atomic mass is 9.91. The highest BCUT2D eigenvalue weighted by molar-refractivity contribution is 6.38. The number of primary amides is 1. The van der Waals surface area contributed by atoms with Crippen LogP contribution >= 0.6 is 0 Å². The van der Waals surface area contributed by atoms with Gasteiger partial charge in [0.2, 0.25) is 23.5 Å². The van der Waals surface area contributed by atoms with Gasteiger partial charge < -0.3 is 27.2 Å². The molecule has 0 bridgehead atoms. The number of rotatable bonds is 30. The van der Waals surface area contributed by atoms with Gasteiger partial charge in [-0.2, -0.15) is 0 Å². The molecule has 0 saturated carbocycles. The van der Waals surface area contributed by atoms with Gasteiger partial charge in [0.1, 0.15) is 11.8 Å². The highest BCUT2D eigenvalue weighted by atomic mass is 16.3. The Hall–Kier alpha value is -3.32. The van der Waals surface area contributed by atoms with Crippen molar-refractivity contribution in [2.45, 2.75) is 156 Å². The lowest BCUT2D eigenvalue weighted by Gasteiger charge is -2.25. The minimum absolute atomic E-state index is 0.0118. The normalized spacial score (nSPS) is 14.8. The summed E-state index contributed by atoms with van der Waals surface area (Å²) in [4.78, 5) is 101. The van der Waals surface area contributed by atoms with Gasteiger partial charge in [0.15, 0.2) is 17.3 Å². The maximum absolute atomic E-state index is 13.3. The van der Waals surface area contributed by atoms with Crippen molar-refractivity contribution in [3.8, 4) is 0 Å². The molecule has 13 nitrogen and oxygen atoms in total. The SMILES string of the molecule is CCCCCCCCCC(=O)C[C@@H](CCCCN)C(=O)N[C@H](C(=O)C[C@@H](C)C(=O)N[C@@H](CC(N)=O)C(=O)CC(C)C(=O)C(=O)CC)C(C)O. The molecule has 3 amide bonds. The molecule has 0 aliphatic carbocycles. The Bertz CT molecular complexity index is 1110. The van der Waals surface area contributed by atoms with E-state index < -0.39 is 96.1 Å². The molecule has 0 aromatic carbocycles. The Morgan fingerprint density at radius 2 is 1.27 bits per heavy atom. The molecule has 13 heteroatoms. The number of carbonyl (C=O) groups excluding carboxylic acids is 8. The number of hydrogen-bond donors (Lipinski definition) is 5. The maximum Gasteiger partial charge on any atom is 0.224 e. The van der Waals surface area contributed by atoms with Gasteiger partial charge in [-0.1, -0.05) is 72.6 Å². The molecule has 49 heavy (non-hydrogen) atoms. The van der Waals surface area contributed by atoms with Crippen LogP contribution in [0.25, 0.3) is 0 Å². The first kappa shape index (κ1) is 45.7. The molecule has 0 aliphatic rings. The van der Waals surface area contributed by atoms with Crippen molar-refractivity contribution >= 4 is 46.6 Å². The first-order valence-corrected chi connectivity index (χ1v) is 18.0. The van der Waals surface area contributed by atoms with Crippen molar-refractivity contribution in [2.24, 2.45) is 29.2 Å². The van der Waals surface area contributed by atoms with Crippen LogP contribution in [0.4, 0.5) is 0 Å². The van der Waals surface area contributed by atoms with E-state index in [1.54, 1.807) is 0 Å². The number of nitrogens with two attached hydrogens (primary N) is 2. The fraction of sp³-hybridized carbons (Fsp3) is 0.778. The molecule has 0 radical (unpaired) electrons. The average molecular weight is 695 g/mol. The molecule has 6 atom stereocenters. The summed E-state index contributed by atoms with van der Waals surface area (Å²) >= 11 is 0. The van der Waals surface area contributed by atoms with E-state index in [4.69, 9.17) is 11.5 Å². The third-order valence-electron chi connectivity index (χ3n) is 8.65. The summed E-state index contributed by atoms with van der Waals surface area (Å²) in [5, 5.41) is 15.4. The van der Waals surface area contributed by atoms with E-state index >= 15 is 0 Å². The van der Waals surface area contributed by atoms with Gasteiger partial charge in [0, 0.05) is 49.9 Å². The van der Waals surface area contributed by atoms with E-state index in [2.05, 4.69) is 17.6 Å². The van der Waals surface area contributed by atoms with Gasteiger partial charge >= 0.3 is 0 Å². The Labute approximate surface area is 291 Å². The summed E-state index contributed by atoms with van der Waals surface area (Å²) in [6.07, 6.45) is 6.76. The van der Waals surface area contributed by atoms with Gasteiger partial charge in [-0.15, -0.1) is 0 Å². The van der Waals surface area contributed by atoms with Crippen LogP contribution in [0.5, 0.6) is 0 Å². The predicted octanol–water partition coefficient (Wildman–Crippen LogP) is 2.80. The van der Waals surface area contributed by atoms with E-state index in [1.165, 1.54) is 40.5 Å².